The maximum Gasteiger partial charge on any atom is 0.255 e. The van der Waals surface area contributed by atoms with Gasteiger partial charge in [-0.1, -0.05) is 35.9 Å². The first-order valence-corrected chi connectivity index (χ1v) is 12.3. The number of fused-ring (bicyclic) bond motifs is 1. The van der Waals surface area contributed by atoms with E-state index in [1.807, 2.05) is 11.6 Å². The molecule has 2 N–H and O–H groups in total. The van der Waals surface area contributed by atoms with Crippen LogP contribution in [0, 0.1) is 18.8 Å². The molecule has 8 nitrogen and oxygen atoms in total. The highest BCUT2D eigenvalue weighted by Crippen LogP contribution is 2.31. The summed E-state index contributed by atoms with van der Waals surface area (Å²) in [6, 6.07) is 6.30. The van der Waals surface area contributed by atoms with E-state index in [1.54, 1.807) is 12.4 Å². The minimum absolute atomic E-state index is 0.0934. The van der Waals surface area contributed by atoms with Crippen LogP contribution in [0.4, 0.5) is 5.69 Å². The number of rotatable bonds is 8. The highest BCUT2D eigenvalue weighted by Gasteiger charge is 2.26. The monoisotopic (exact) mass is 462 g/mol. The zero-order valence-electron chi connectivity index (χ0n) is 20.5. The van der Waals surface area contributed by atoms with E-state index in [0.717, 1.165) is 54.4 Å². The summed E-state index contributed by atoms with van der Waals surface area (Å²) in [5.74, 6) is -0.156. The van der Waals surface area contributed by atoms with Gasteiger partial charge in [-0.15, -0.1) is 0 Å². The van der Waals surface area contributed by atoms with Crippen molar-refractivity contribution in [2.45, 2.75) is 84.5 Å². The molecule has 1 amide bonds. The van der Waals surface area contributed by atoms with Gasteiger partial charge < -0.3 is 10.6 Å². The average molecular weight is 463 g/mol. The molecule has 1 aliphatic carbocycles. The molecule has 1 aromatic carbocycles. The number of hydrogen-bond acceptors (Lipinski definition) is 6. The van der Waals surface area contributed by atoms with Gasteiger partial charge >= 0.3 is 0 Å². The van der Waals surface area contributed by atoms with Crippen molar-refractivity contribution in [2.24, 2.45) is 5.18 Å². The Morgan fingerprint density at radius 3 is 2.59 bits per heavy atom. The first-order chi connectivity index (χ1) is 16.4. The van der Waals surface area contributed by atoms with Crippen LogP contribution in [0.3, 0.4) is 0 Å². The molecule has 1 saturated carbocycles. The van der Waals surface area contributed by atoms with E-state index in [-0.39, 0.29) is 24.0 Å². The number of aromatic nitrogens is 3. The summed E-state index contributed by atoms with van der Waals surface area (Å²) in [5, 5.41) is 15.4. The fourth-order valence-corrected chi connectivity index (χ4v) is 4.97. The molecule has 34 heavy (non-hydrogen) atoms. The number of pyridine rings is 1. The minimum Gasteiger partial charge on any atom is -0.381 e. The van der Waals surface area contributed by atoms with Crippen molar-refractivity contribution in [1.29, 1.82) is 0 Å². The van der Waals surface area contributed by atoms with Crippen molar-refractivity contribution in [1.82, 2.24) is 20.1 Å². The van der Waals surface area contributed by atoms with Gasteiger partial charge in [-0.2, -0.15) is 10.0 Å². The third-order valence-electron chi connectivity index (χ3n) is 6.92. The van der Waals surface area contributed by atoms with E-state index in [0.29, 0.717) is 12.1 Å². The standard InChI is InChI=1S/C26H34N6O2/c1-5-23(20-12-7-16(3)13-17(20)4)30-26(33)22-14-27-25-21(15-28-32(25)6-2)24(22)29-18-8-10-19(31-34)11-9-18/h7,12-15,18-19,23H,5-6,8-11H2,1-4H3,(H,27,29)(H,30,33). The summed E-state index contributed by atoms with van der Waals surface area (Å²) < 4.78 is 1.83. The molecular weight excluding hydrogens is 428 g/mol. The molecule has 0 radical (unpaired) electrons. The van der Waals surface area contributed by atoms with E-state index in [1.165, 1.54) is 11.1 Å². The second-order valence-electron chi connectivity index (χ2n) is 9.29. The van der Waals surface area contributed by atoms with Gasteiger partial charge in [0, 0.05) is 18.8 Å². The van der Waals surface area contributed by atoms with E-state index in [2.05, 4.69) is 64.9 Å². The number of nitrogens with zero attached hydrogens (tertiary/aromatic N) is 4. The zero-order chi connectivity index (χ0) is 24.2. The van der Waals surface area contributed by atoms with Crippen LogP contribution in [0.2, 0.25) is 0 Å². The lowest BCUT2D eigenvalue weighted by molar-refractivity contribution is 0.0936. The predicted octanol–water partition coefficient (Wildman–Crippen LogP) is 5.44. The van der Waals surface area contributed by atoms with Gasteiger partial charge in [0.05, 0.1) is 34.9 Å². The lowest BCUT2D eigenvalue weighted by Gasteiger charge is -2.28. The van der Waals surface area contributed by atoms with Crippen molar-refractivity contribution >= 4 is 22.6 Å². The van der Waals surface area contributed by atoms with Gasteiger partial charge in [0.15, 0.2) is 5.65 Å². The Morgan fingerprint density at radius 1 is 1.18 bits per heavy atom. The lowest BCUT2D eigenvalue weighted by Crippen LogP contribution is -2.32. The SMILES string of the molecule is CCC(NC(=O)c1cnc2c(cnn2CC)c1NC1CCC(N=O)CC1)c1ccc(C)cc1C. The Morgan fingerprint density at radius 2 is 1.94 bits per heavy atom. The van der Waals surface area contributed by atoms with Crippen LogP contribution in [0.25, 0.3) is 11.0 Å². The summed E-state index contributed by atoms with van der Waals surface area (Å²) in [6.45, 7) is 8.95. The van der Waals surface area contributed by atoms with Crippen LogP contribution in [0.15, 0.2) is 35.8 Å². The molecule has 0 aliphatic heterocycles. The van der Waals surface area contributed by atoms with E-state index in [9.17, 15) is 9.70 Å². The summed E-state index contributed by atoms with van der Waals surface area (Å²) >= 11 is 0. The van der Waals surface area contributed by atoms with Crippen LogP contribution >= 0.6 is 0 Å². The zero-order valence-corrected chi connectivity index (χ0v) is 20.5. The Balaban J connectivity index is 1.65. The lowest BCUT2D eigenvalue weighted by atomic mass is 9.91. The number of nitrogens with one attached hydrogen (secondary N) is 2. The molecule has 0 saturated heterocycles. The van der Waals surface area contributed by atoms with E-state index in [4.69, 9.17) is 0 Å². The third-order valence-corrected chi connectivity index (χ3v) is 6.92. The van der Waals surface area contributed by atoms with Gasteiger partial charge in [0.25, 0.3) is 5.91 Å². The van der Waals surface area contributed by atoms with Crippen LogP contribution in [0.5, 0.6) is 0 Å². The average Bonchev–Trinajstić information content (AvgIpc) is 3.27. The van der Waals surface area contributed by atoms with Crippen molar-refractivity contribution in [3.05, 3.63) is 57.8 Å². The third kappa shape index (κ3) is 4.81. The van der Waals surface area contributed by atoms with Crippen molar-refractivity contribution in [2.75, 3.05) is 5.32 Å². The van der Waals surface area contributed by atoms with Gasteiger partial charge in [-0.05, 0) is 64.0 Å². The molecule has 1 fully saturated rings. The smallest absolute Gasteiger partial charge is 0.255 e. The van der Waals surface area contributed by atoms with Crippen LogP contribution in [-0.4, -0.2) is 32.8 Å². The number of carbonyl (C=O) groups excluding carboxylic acids is 1. The first-order valence-electron chi connectivity index (χ1n) is 12.3. The summed E-state index contributed by atoms with van der Waals surface area (Å²) in [4.78, 5) is 29.1. The number of carbonyl (C=O) groups is 1. The molecule has 2 aromatic heterocycles. The predicted molar refractivity (Wildman–Crippen MR) is 135 cm³/mol. The Labute approximate surface area is 200 Å². The number of hydrogen-bond donors (Lipinski definition) is 2. The van der Waals surface area contributed by atoms with Gasteiger partial charge in [0.1, 0.15) is 0 Å². The first kappa shape index (κ1) is 23.9. The molecule has 1 aliphatic rings. The van der Waals surface area contributed by atoms with Gasteiger partial charge in [-0.25, -0.2) is 9.67 Å². The second-order valence-corrected chi connectivity index (χ2v) is 9.29. The summed E-state index contributed by atoms with van der Waals surface area (Å²) in [6.07, 6.45) is 7.41. The van der Waals surface area contributed by atoms with E-state index >= 15 is 0 Å². The molecule has 1 unspecified atom stereocenters. The molecule has 8 heteroatoms. The second kappa shape index (κ2) is 10.3. The molecule has 4 rings (SSSR count). The van der Waals surface area contributed by atoms with Gasteiger partial charge in [0.2, 0.25) is 0 Å². The molecule has 0 bridgehead atoms. The number of amides is 1. The highest BCUT2D eigenvalue weighted by molar-refractivity contribution is 6.06. The summed E-state index contributed by atoms with van der Waals surface area (Å²) in [5.41, 5.74) is 5.54. The van der Waals surface area contributed by atoms with Crippen molar-refractivity contribution in [3.8, 4) is 0 Å². The Kier molecular flexibility index (Phi) is 7.24. The number of aryl methyl sites for hydroxylation is 3. The summed E-state index contributed by atoms with van der Waals surface area (Å²) in [7, 11) is 0. The fourth-order valence-electron chi connectivity index (χ4n) is 4.97. The molecule has 1 atom stereocenters. The maximum atomic E-state index is 13.6. The molecule has 3 aromatic rings. The Bertz CT molecular complexity index is 1180. The molecule has 0 spiro atoms. The Hall–Kier alpha value is -3.29. The number of benzene rings is 1. The van der Waals surface area contributed by atoms with Crippen LogP contribution < -0.4 is 10.6 Å². The normalized spacial score (nSPS) is 19.1. The topological polar surface area (TPSA) is 101 Å². The van der Waals surface area contributed by atoms with E-state index < -0.39 is 0 Å². The van der Waals surface area contributed by atoms with Crippen molar-refractivity contribution < 1.29 is 4.79 Å². The largest absolute Gasteiger partial charge is 0.381 e. The van der Waals surface area contributed by atoms with Crippen LogP contribution in [-0.2, 0) is 6.54 Å². The quantitative estimate of drug-likeness (QED) is 0.434. The molecule has 2 heterocycles. The highest BCUT2D eigenvalue weighted by atomic mass is 16.3. The van der Waals surface area contributed by atoms with Crippen molar-refractivity contribution in [3.63, 3.8) is 0 Å². The number of anilines is 1. The molecule has 180 valence electrons. The fraction of sp³-hybridized carbons (Fsp3) is 0.500. The molecular formula is C26H34N6O2. The maximum absolute atomic E-state index is 13.6. The number of nitroso groups, excluding NO2 is 1. The van der Waals surface area contributed by atoms with Crippen LogP contribution in [0.1, 0.15) is 79.0 Å². The van der Waals surface area contributed by atoms with Gasteiger partial charge in [-0.3, -0.25) is 4.79 Å². The minimum atomic E-state index is -0.156.